The topological polar surface area (TPSA) is 125 Å². The Hall–Kier alpha value is -3.17. The molecule has 0 radical (unpaired) electrons. The van der Waals surface area contributed by atoms with Gasteiger partial charge in [0.05, 0.1) is 10.8 Å². The Bertz CT molecular complexity index is 1480. The molecular weight excluding hydrogens is 500 g/mol. The molecule has 9 heteroatoms. The average molecular weight is 537 g/mol. The summed E-state index contributed by atoms with van der Waals surface area (Å²) in [7, 11) is -3.25. The smallest absolute Gasteiger partial charge is 0.245 e. The van der Waals surface area contributed by atoms with Gasteiger partial charge in [-0.05, 0) is 55.9 Å². The minimum atomic E-state index is -3.25. The summed E-state index contributed by atoms with van der Waals surface area (Å²) in [4.78, 5) is 31.8. The number of sulfone groups is 1. The normalized spacial score (nSPS) is 19.9. The van der Waals surface area contributed by atoms with Gasteiger partial charge in [-0.3, -0.25) is 9.59 Å². The van der Waals surface area contributed by atoms with Crippen molar-refractivity contribution in [2.24, 2.45) is 5.73 Å². The maximum Gasteiger partial charge on any atom is 0.245 e. The number of nitrogens with two attached hydrogens (primary N) is 1. The highest BCUT2D eigenvalue weighted by Crippen LogP contribution is 2.53. The number of amides is 2. The maximum atomic E-state index is 13.9. The molecule has 38 heavy (non-hydrogen) atoms. The van der Waals surface area contributed by atoms with Crippen LogP contribution in [0.15, 0.2) is 54.7 Å². The van der Waals surface area contributed by atoms with Gasteiger partial charge in [-0.15, -0.1) is 0 Å². The quantitative estimate of drug-likeness (QED) is 0.447. The maximum absolute atomic E-state index is 13.9. The third kappa shape index (κ3) is 4.85. The number of para-hydroxylation sites is 1. The van der Waals surface area contributed by atoms with E-state index in [0.717, 1.165) is 27.6 Å². The molecule has 3 aromatic rings. The molecule has 8 nitrogen and oxygen atoms in total. The fourth-order valence-electron chi connectivity index (χ4n) is 6.13. The zero-order valence-corrected chi connectivity index (χ0v) is 23.0. The van der Waals surface area contributed by atoms with Gasteiger partial charge in [-0.25, -0.2) is 8.42 Å². The van der Waals surface area contributed by atoms with E-state index in [9.17, 15) is 18.0 Å². The molecular formula is C29H36N4O4S. The predicted molar refractivity (Wildman–Crippen MR) is 148 cm³/mol. The summed E-state index contributed by atoms with van der Waals surface area (Å²) in [6, 6.07) is 14.9. The van der Waals surface area contributed by atoms with Crippen LogP contribution in [-0.2, 0) is 31.3 Å². The van der Waals surface area contributed by atoms with Gasteiger partial charge in [0.1, 0.15) is 6.04 Å². The first-order valence-electron chi connectivity index (χ1n) is 13.1. The van der Waals surface area contributed by atoms with Gasteiger partial charge in [0.25, 0.3) is 0 Å². The molecule has 0 saturated carbocycles. The summed E-state index contributed by atoms with van der Waals surface area (Å²) >= 11 is 0. The zero-order valence-electron chi connectivity index (χ0n) is 22.2. The van der Waals surface area contributed by atoms with Crippen molar-refractivity contribution in [1.82, 2.24) is 15.2 Å². The Morgan fingerprint density at radius 1 is 1.13 bits per heavy atom. The summed E-state index contributed by atoms with van der Waals surface area (Å²) in [5, 5.41) is 3.41. The van der Waals surface area contributed by atoms with Crippen molar-refractivity contribution in [2.45, 2.75) is 61.8 Å². The first-order valence-corrected chi connectivity index (χ1v) is 15.1. The third-order valence-corrected chi connectivity index (χ3v) is 9.75. The number of carbonyl (C=O) groups excluding carboxylic acids is 2. The van der Waals surface area contributed by atoms with E-state index >= 15 is 0 Å². The summed E-state index contributed by atoms with van der Waals surface area (Å²) in [5.74, 6) is -0.529. The van der Waals surface area contributed by atoms with Crippen molar-refractivity contribution < 1.29 is 18.0 Å². The summed E-state index contributed by atoms with van der Waals surface area (Å²) < 4.78 is 25.2. The molecule has 1 unspecified atom stereocenters. The zero-order chi connectivity index (χ0) is 27.3. The second-order valence-electron chi connectivity index (χ2n) is 11.5. The lowest BCUT2D eigenvalue weighted by Gasteiger charge is -2.41. The standard InChI is InChI=1S/C29H36N4O4S/c1-28(2,30)27(35)32-24(16-19-18-31-23-11-7-5-8-20(19)23)26(34)33-14-12-29(13-15-33)17-25(38(3,36)37)21-9-4-6-10-22(21)29/h4-11,18,24-25,31H,12-17,30H2,1-3H3,(H,32,35)/t24?,25-/m1/s1. The molecule has 2 aromatic carbocycles. The van der Waals surface area contributed by atoms with Crippen LogP contribution in [0.4, 0.5) is 0 Å². The number of carbonyl (C=O) groups is 2. The lowest BCUT2D eigenvalue weighted by Crippen LogP contribution is -2.58. The number of benzene rings is 2. The molecule has 0 bridgehead atoms. The Kier molecular flexibility index (Phi) is 6.64. The SMILES string of the molecule is CC(C)(N)C(=O)NC(Cc1c[nH]c2ccccc12)C(=O)N1CCC2(CC1)C[C@@H](S(C)(=O)=O)c1ccccc12. The van der Waals surface area contributed by atoms with Crippen molar-refractivity contribution in [3.05, 3.63) is 71.4 Å². The van der Waals surface area contributed by atoms with E-state index in [1.165, 1.54) is 6.26 Å². The van der Waals surface area contributed by atoms with Gasteiger partial charge >= 0.3 is 0 Å². The molecule has 1 fully saturated rings. The lowest BCUT2D eigenvalue weighted by atomic mass is 9.73. The molecule has 202 valence electrons. The molecule has 2 amide bonds. The monoisotopic (exact) mass is 536 g/mol. The number of aromatic amines is 1. The Balaban J connectivity index is 1.37. The van der Waals surface area contributed by atoms with E-state index < -0.39 is 26.7 Å². The Labute approximate surface area is 223 Å². The van der Waals surface area contributed by atoms with Crippen LogP contribution in [0.2, 0.25) is 0 Å². The van der Waals surface area contributed by atoms with Crippen LogP contribution in [0.5, 0.6) is 0 Å². The highest BCUT2D eigenvalue weighted by Gasteiger charge is 2.49. The Morgan fingerprint density at radius 3 is 2.47 bits per heavy atom. The minimum absolute atomic E-state index is 0.145. The number of fused-ring (bicyclic) bond motifs is 3. The number of nitrogens with one attached hydrogen (secondary N) is 2. The first kappa shape index (κ1) is 26.4. The molecule has 2 aliphatic rings. The van der Waals surface area contributed by atoms with Gasteiger partial charge < -0.3 is 20.9 Å². The number of aromatic nitrogens is 1. The van der Waals surface area contributed by atoms with Crippen LogP contribution in [0.1, 0.15) is 55.1 Å². The van der Waals surface area contributed by atoms with Gasteiger partial charge in [0, 0.05) is 48.3 Å². The molecule has 2 heterocycles. The van der Waals surface area contributed by atoms with Crippen LogP contribution in [0, 0.1) is 0 Å². The van der Waals surface area contributed by atoms with Gasteiger partial charge in [-0.2, -0.15) is 0 Å². The highest BCUT2D eigenvalue weighted by atomic mass is 32.2. The number of piperidine rings is 1. The minimum Gasteiger partial charge on any atom is -0.361 e. The molecule has 1 aliphatic heterocycles. The predicted octanol–water partition coefficient (Wildman–Crippen LogP) is 2.98. The second kappa shape index (κ2) is 9.54. The summed E-state index contributed by atoms with van der Waals surface area (Å²) in [6.07, 6.45) is 5.44. The van der Waals surface area contributed by atoms with Crippen molar-refractivity contribution in [3.63, 3.8) is 0 Å². The number of H-pyrrole nitrogens is 1. The number of nitrogens with zero attached hydrogens (tertiary/aromatic N) is 1. The number of rotatable bonds is 6. The number of hydrogen-bond donors (Lipinski definition) is 3. The first-order chi connectivity index (χ1) is 17.9. The van der Waals surface area contributed by atoms with Gasteiger partial charge in [-0.1, -0.05) is 42.5 Å². The van der Waals surface area contributed by atoms with Crippen molar-refractivity contribution in [2.75, 3.05) is 19.3 Å². The molecule has 2 atom stereocenters. The van der Waals surface area contributed by atoms with E-state index in [1.807, 2.05) is 59.6 Å². The molecule has 1 spiro atoms. The fraction of sp³-hybridized carbons (Fsp3) is 0.448. The van der Waals surface area contributed by atoms with Crippen LogP contribution >= 0.6 is 0 Å². The van der Waals surface area contributed by atoms with Crippen molar-refractivity contribution >= 4 is 32.6 Å². The highest BCUT2D eigenvalue weighted by molar-refractivity contribution is 7.90. The van der Waals surface area contributed by atoms with E-state index in [0.29, 0.717) is 38.8 Å². The summed E-state index contributed by atoms with van der Waals surface area (Å²) in [5.41, 5.74) is 8.56. The second-order valence-corrected chi connectivity index (χ2v) is 13.8. The van der Waals surface area contributed by atoms with E-state index in [1.54, 1.807) is 13.8 Å². The van der Waals surface area contributed by atoms with E-state index in [-0.39, 0.29) is 17.2 Å². The average Bonchev–Trinajstić information content (AvgIpc) is 3.43. The van der Waals surface area contributed by atoms with Crippen molar-refractivity contribution in [1.29, 1.82) is 0 Å². The number of likely N-dealkylation sites (tertiary alicyclic amines) is 1. The van der Waals surface area contributed by atoms with Crippen LogP contribution in [-0.4, -0.2) is 61.0 Å². The largest absolute Gasteiger partial charge is 0.361 e. The summed E-state index contributed by atoms with van der Waals surface area (Å²) in [6.45, 7) is 4.23. The Morgan fingerprint density at radius 2 is 1.79 bits per heavy atom. The molecule has 1 aromatic heterocycles. The lowest BCUT2D eigenvalue weighted by molar-refractivity contribution is -0.138. The van der Waals surface area contributed by atoms with Crippen molar-refractivity contribution in [3.8, 4) is 0 Å². The van der Waals surface area contributed by atoms with E-state index in [4.69, 9.17) is 5.73 Å². The van der Waals surface area contributed by atoms with Crippen LogP contribution in [0.25, 0.3) is 10.9 Å². The molecule has 4 N–H and O–H groups in total. The third-order valence-electron chi connectivity index (χ3n) is 8.29. The number of hydrogen-bond acceptors (Lipinski definition) is 5. The molecule has 5 rings (SSSR count). The molecule has 1 aliphatic carbocycles. The fourth-order valence-corrected chi connectivity index (χ4v) is 7.42. The van der Waals surface area contributed by atoms with Crippen LogP contribution < -0.4 is 11.1 Å². The van der Waals surface area contributed by atoms with Crippen LogP contribution in [0.3, 0.4) is 0 Å². The van der Waals surface area contributed by atoms with Gasteiger partial charge in [0.2, 0.25) is 11.8 Å². The van der Waals surface area contributed by atoms with E-state index in [2.05, 4.69) is 10.3 Å². The molecule has 1 saturated heterocycles. The van der Waals surface area contributed by atoms with Gasteiger partial charge in [0.15, 0.2) is 9.84 Å².